The summed E-state index contributed by atoms with van der Waals surface area (Å²) in [6, 6.07) is 12.6. The van der Waals surface area contributed by atoms with Gasteiger partial charge < -0.3 is 9.84 Å². The Morgan fingerprint density at radius 2 is 1.62 bits per heavy atom. The molecule has 0 bridgehead atoms. The van der Waals surface area contributed by atoms with Crippen molar-refractivity contribution in [2.24, 2.45) is 10.2 Å². The smallest absolute Gasteiger partial charge is 0.375 e. The number of azo groups is 1. The second-order valence-electron chi connectivity index (χ2n) is 4.72. The van der Waals surface area contributed by atoms with Crippen molar-refractivity contribution in [1.82, 2.24) is 0 Å². The first-order chi connectivity index (χ1) is 11.5. The molecule has 2 aromatic carbocycles. The molecule has 0 spiro atoms. The zero-order valence-corrected chi connectivity index (χ0v) is 12.7. The molecule has 1 N–H and O–H groups in total. The molecule has 7 heteroatoms. The van der Waals surface area contributed by atoms with Crippen LogP contribution in [0.1, 0.15) is 10.4 Å². The van der Waals surface area contributed by atoms with E-state index in [1.807, 2.05) is 0 Å². The minimum absolute atomic E-state index is 0.141. The maximum atomic E-state index is 12.4. The van der Waals surface area contributed by atoms with E-state index < -0.39 is 23.6 Å². The molecule has 0 amide bonds. The highest BCUT2D eigenvalue weighted by molar-refractivity contribution is 6.40. The second kappa shape index (κ2) is 7.77. The third-order valence-electron chi connectivity index (χ3n) is 3.13. The van der Waals surface area contributed by atoms with Crippen molar-refractivity contribution in [3.05, 3.63) is 60.2 Å². The summed E-state index contributed by atoms with van der Waals surface area (Å²) in [6.07, 6.45) is 0. The summed E-state index contributed by atoms with van der Waals surface area (Å²) in [6.45, 7) is 0. The fourth-order valence-corrected chi connectivity index (χ4v) is 1.87. The molecule has 2 rings (SSSR count). The quantitative estimate of drug-likeness (QED) is 0.364. The van der Waals surface area contributed by atoms with E-state index in [0.717, 1.165) is 0 Å². The Labute approximate surface area is 137 Å². The lowest BCUT2D eigenvalue weighted by Crippen LogP contribution is -2.33. The molecule has 0 radical (unpaired) electrons. The van der Waals surface area contributed by atoms with Gasteiger partial charge in [0.1, 0.15) is 5.75 Å². The molecular formula is C17H14N2O5. The molecule has 1 atom stereocenters. The average molecular weight is 326 g/mol. The zero-order valence-electron chi connectivity index (χ0n) is 12.7. The van der Waals surface area contributed by atoms with Crippen LogP contribution in [-0.4, -0.2) is 35.8 Å². The highest BCUT2D eigenvalue weighted by Crippen LogP contribution is 2.17. The first kappa shape index (κ1) is 17.0. The van der Waals surface area contributed by atoms with E-state index >= 15 is 0 Å². The monoisotopic (exact) mass is 326 g/mol. The summed E-state index contributed by atoms with van der Waals surface area (Å²) in [7, 11) is 1.47. The molecule has 122 valence electrons. The molecule has 7 nitrogen and oxygen atoms in total. The predicted molar refractivity (Wildman–Crippen MR) is 84.7 cm³/mol. The van der Waals surface area contributed by atoms with Crippen LogP contribution in [0.15, 0.2) is 64.8 Å². The molecule has 0 heterocycles. The lowest BCUT2D eigenvalue weighted by atomic mass is 10.0. The molecule has 0 aliphatic carbocycles. The number of carboxylic acid groups (broad SMARTS) is 1. The van der Waals surface area contributed by atoms with E-state index in [1.54, 1.807) is 30.3 Å². The fraction of sp³-hybridized carbons (Fsp3) is 0.118. The van der Waals surface area contributed by atoms with Crippen LogP contribution in [0.4, 0.5) is 5.69 Å². The Morgan fingerprint density at radius 3 is 2.17 bits per heavy atom. The number of hydrogen-bond acceptors (Lipinski definition) is 6. The average Bonchev–Trinajstić information content (AvgIpc) is 2.62. The van der Waals surface area contributed by atoms with Crippen LogP contribution in [0.25, 0.3) is 0 Å². The normalized spacial score (nSPS) is 11.9. The molecule has 0 aromatic heterocycles. The van der Waals surface area contributed by atoms with Crippen molar-refractivity contribution in [2.75, 3.05) is 7.11 Å². The summed E-state index contributed by atoms with van der Waals surface area (Å²) in [5.74, 6) is -3.30. The van der Waals surface area contributed by atoms with E-state index in [4.69, 9.17) is 9.84 Å². The van der Waals surface area contributed by atoms with Crippen molar-refractivity contribution in [3.8, 4) is 5.75 Å². The molecule has 24 heavy (non-hydrogen) atoms. The molecule has 0 aliphatic heterocycles. The highest BCUT2D eigenvalue weighted by atomic mass is 16.5. The third kappa shape index (κ3) is 4.10. The standard InChI is InChI=1S/C17H14N2O5/c1-24-13-9-7-11(8-10-13)15(20)14(16(21)17(22)23)19-18-12-5-3-2-4-6-12/h2-10,14H,1H3,(H,22,23). The maximum Gasteiger partial charge on any atom is 0.375 e. The molecule has 0 saturated heterocycles. The topological polar surface area (TPSA) is 105 Å². The number of ketones is 2. The largest absolute Gasteiger partial charge is 0.497 e. The Morgan fingerprint density at radius 1 is 1.00 bits per heavy atom. The first-order valence-electron chi connectivity index (χ1n) is 6.94. The molecule has 1 unspecified atom stereocenters. The maximum absolute atomic E-state index is 12.4. The Hall–Kier alpha value is -3.35. The predicted octanol–water partition coefficient (Wildman–Crippen LogP) is 2.68. The van der Waals surface area contributed by atoms with Crippen LogP contribution in [0.5, 0.6) is 5.75 Å². The number of methoxy groups -OCH3 is 1. The second-order valence-corrected chi connectivity index (χ2v) is 4.72. The molecule has 0 saturated carbocycles. The minimum Gasteiger partial charge on any atom is -0.497 e. The van der Waals surface area contributed by atoms with Crippen LogP contribution in [0.2, 0.25) is 0 Å². The van der Waals surface area contributed by atoms with E-state index in [9.17, 15) is 14.4 Å². The SMILES string of the molecule is COc1ccc(C(=O)C(N=Nc2ccccc2)C(=O)C(=O)O)cc1. The van der Waals surface area contributed by atoms with Gasteiger partial charge in [-0.1, -0.05) is 18.2 Å². The third-order valence-corrected chi connectivity index (χ3v) is 3.13. The number of nitrogens with zero attached hydrogens (tertiary/aromatic N) is 2. The highest BCUT2D eigenvalue weighted by Gasteiger charge is 2.32. The number of carbonyl (C=O) groups is 3. The van der Waals surface area contributed by atoms with Gasteiger partial charge in [0.05, 0.1) is 12.8 Å². The van der Waals surface area contributed by atoms with Gasteiger partial charge in [-0.15, -0.1) is 0 Å². The summed E-state index contributed by atoms with van der Waals surface area (Å²) >= 11 is 0. The van der Waals surface area contributed by atoms with Crippen LogP contribution < -0.4 is 4.74 Å². The van der Waals surface area contributed by atoms with Gasteiger partial charge in [-0.3, -0.25) is 9.59 Å². The summed E-state index contributed by atoms with van der Waals surface area (Å²) in [5, 5.41) is 16.3. The lowest BCUT2D eigenvalue weighted by molar-refractivity contribution is -0.149. The summed E-state index contributed by atoms with van der Waals surface area (Å²) in [4.78, 5) is 35.2. The van der Waals surface area contributed by atoms with Crippen molar-refractivity contribution in [1.29, 1.82) is 0 Å². The van der Waals surface area contributed by atoms with E-state index in [2.05, 4.69) is 10.2 Å². The number of hydrogen-bond donors (Lipinski definition) is 1. The summed E-state index contributed by atoms with van der Waals surface area (Å²) in [5.41, 5.74) is 0.547. The molecule has 0 fully saturated rings. The van der Waals surface area contributed by atoms with Gasteiger partial charge in [0.15, 0.2) is 5.78 Å². The molecule has 0 aliphatic rings. The molecule has 2 aromatic rings. The number of rotatable bonds is 7. The molecular weight excluding hydrogens is 312 g/mol. The Bertz CT molecular complexity index is 769. The Balaban J connectivity index is 2.31. The zero-order chi connectivity index (χ0) is 17.5. The van der Waals surface area contributed by atoms with Crippen LogP contribution >= 0.6 is 0 Å². The van der Waals surface area contributed by atoms with Gasteiger partial charge in [-0.2, -0.15) is 10.2 Å². The number of Topliss-reactive ketones (excluding diaryl/α,β-unsaturated/α-hetero) is 2. The van der Waals surface area contributed by atoms with Crippen molar-refractivity contribution in [2.45, 2.75) is 6.04 Å². The van der Waals surface area contributed by atoms with Gasteiger partial charge in [-0.25, -0.2) is 4.79 Å². The van der Waals surface area contributed by atoms with Crippen molar-refractivity contribution in [3.63, 3.8) is 0 Å². The van der Waals surface area contributed by atoms with E-state index in [0.29, 0.717) is 11.4 Å². The summed E-state index contributed by atoms with van der Waals surface area (Å²) < 4.78 is 4.99. The van der Waals surface area contributed by atoms with Gasteiger partial charge >= 0.3 is 5.97 Å². The van der Waals surface area contributed by atoms with Crippen molar-refractivity contribution < 1.29 is 24.2 Å². The van der Waals surface area contributed by atoms with Gasteiger partial charge in [-0.05, 0) is 36.4 Å². The minimum atomic E-state index is -1.74. The number of ether oxygens (including phenoxy) is 1. The first-order valence-corrected chi connectivity index (χ1v) is 6.94. The Kier molecular flexibility index (Phi) is 5.51. The van der Waals surface area contributed by atoms with Gasteiger partial charge in [0, 0.05) is 5.56 Å². The fourth-order valence-electron chi connectivity index (χ4n) is 1.87. The number of benzene rings is 2. The van der Waals surface area contributed by atoms with Gasteiger partial charge in [0.2, 0.25) is 6.04 Å². The van der Waals surface area contributed by atoms with Crippen LogP contribution in [0.3, 0.4) is 0 Å². The van der Waals surface area contributed by atoms with E-state index in [-0.39, 0.29) is 5.56 Å². The number of aliphatic carboxylic acids is 1. The van der Waals surface area contributed by atoms with Crippen LogP contribution in [-0.2, 0) is 9.59 Å². The number of carboxylic acids is 1. The van der Waals surface area contributed by atoms with Crippen molar-refractivity contribution >= 4 is 23.2 Å². The van der Waals surface area contributed by atoms with Crippen LogP contribution in [0, 0.1) is 0 Å². The number of carbonyl (C=O) groups excluding carboxylic acids is 2. The lowest BCUT2D eigenvalue weighted by Gasteiger charge is -2.08. The van der Waals surface area contributed by atoms with Gasteiger partial charge in [0.25, 0.3) is 5.78 Å². The van der Waals surface area contributed by atoms with E-state index in [1.165, 1.54) is 31.4 Å².